The first kappa shape index (κ1) is 29.4. The Kier molecular flexibility index (Phi) is 12.0. The van der Waals surface area contributed by atoms with Crippen molar-refractivity contribution in [3.63, 3.8) is 0 Å². The molecule has 36 heavy (non-hydrogen) atoms. The Labute approximate surface area is 217 Å². The van der Waals surface area contributed by atoms with Gasteiger partial charge in [0.1, 0.15) is 11.9 Å². The maximum absolute atomic E-state index is 12.9. The normalized spacial score (nSPS) is 18.9. The van der Waals surface area contributed by atoms with Gasteiger partial charge in [-0.15, -0.1) is 12.4 Å². The van der Waals surface area contributed by atoms with E-state index in [0.717, 1.165) is 32.4 Å². The van der Waals surface area contributed by atoms with Crippen LogP contribution in [-0.2, 0) is 14.4 Å². The summed E-state index contributed by atoms with van der Waals surface area (Å²) in [5, 5.41) is 17.8. The molecular formula is C25H37ClN4O6. The molecule has 2 atom stereocenters. The number of carboxylic acids is 1. The van der Waals surface area contributed by atoms with Crippen molar-refractivity contribution in [1.82, 2.24) is 20.9 Å². The lowest BCUT2D eigenvalue weighted by Crippen LogP contribution is -2.53. The fourth-order valence-corrected chi connectivity index (χ4v) is 4.66. The van der Waals surface area contributed by atoms with Gasteiger partial charge < -0.3 is 30.7 Å². The van der Waals surface area contributed by atoms with Crippen LogP contribution < -0.4 is 20.7 Å². The van der Waals surface area contributed by atoms with E-state index in [0.29, 0.717) is 49.6 Å². The molecule has 10 nitrogen and oxygen atoms in total. The lowest BCUT2D eigenvalue weighted by molar-refractivity contribution is -0.138. The van der Waals surface area contributed by atoms with Crippen molar-refractivity contribution in [2.75, 3.05) is 33.3 Å². The molecular weight excluding hydrogens is 488 g/mol. The number of ether oxygens (including phenoxy) is 1. The highest BCUT2D eigenvalue weighted by molar-refractivity contribution is 5.95. The first-order valence-corrected chi connectivity index (χ1v) is 12.3. The van der Waals surface area contributed by atoms with E-state index >= 15 is 0 Å². The molecule has 0 bridgehead atoms. The van der Waals surface area contributed by atoms with Crippen molar-refractivity contribution >= 4 is 36.1 Å². The largest absolute Gasteiger partial charge is 0.497 e. The van der Waals surface area contributed by atoms with Gasteiger partial charge in [0, 0.05) is 25.1 Å². The summed E-state index contributed by atoms with van der Waals surface area (Å²) in [6.45, 7) is 2.93. The minimum Gasteiger partial charge on any atom is -0.497 e. The Balaban J connectivity index is 0.00000456. The minimum absolute atomic E-state index is 0. The molecule has 1 aromatic rings. The molecule has 3 amide bonds. The number of carboxylic acid groups (broad SMARTS) is 1. The van der Waals surface area contributed by atoms with E-state index in [1.807, 2.05) is 0 Å². The van der Waals surface area contributed by atoms with Crippen molar-refractivity contribution in [1.29, 1.82) is 0 Å². The Morgan fingerprint density at radius 3 is 2.44 bits per heavy atom. The molecule has 0 unspecified atom stereocenters. The summed E-state index contributed by atoms with van der Waals surface area (Å²) in [7, 11) is 1.52. The highest BCUT2D eigenvalue weighted by Crippen LogP contribution is 2.22. The number of carbonyl (C=O) groups excluding carboxylic acids is 3. The molecule has 200 valence electrons. The molecule has 3 rings (SSSR count). The second-order valence-electron chi connectivity index (χ2n) is 9.27. The van der Waals surface area contributed by atoms with E-state index in [1.54, 1.807) is 29.2 Å². The van der Waals surface area contributed by atoms with E-state index in [-0.39, 0.29) is 24.2 Å². The van der Waals surface area contributed by atoms with Crippen LogP contribution in [0.1, 0.15) is 55.3 Å². The van der Waals surface area contributed by atoms with Gasteiger partial charge in [-0.25, -0.2) is 0 Å². The molecule has 11 heteroatoms. The highest BCUT2D eigenvalue weighted by atomic mass is 35.5. The molecule has 0 spiro atoms. The number of piperidine rings is 2. The smallest absolute Gasteiger partial charge is 0.307 e. The summed E-state index contributed by atoms with van der Waals surface area (Å²) in [4.78, 5) is 51.4. The highest BCUT2D eigenvalue weighted by Gasteiger charge is 2.30. The first-order valence-electron chi connectivity index (χ1n) is 12.3. The molecule has 0 aromatic heterocycles. The molecule has 2 aliphatic heterocycles. The van der Waals surface area contributed by atoms with Crippen LogP contribution in [-0.4, -0.2) is 73.2 Å². The van der Waals surface area contributed by atoms with Gasteiger partial charge in [0.05, 0.1) is 19.4 Å². The van der Waals surface area contributed by atoms with Crippen LogP contribution in [0.25, 0.3) is 0 Å². The molecule has 4 N–H and O–H groups in total. The molecule has 1 aromatic carbocycles. The van der Waals surface area contributed by atoms with Crippen molar-refractivity contribution < 1.29 is 29.0 Å². The van der Waals surface area contributed by atoms with Gasteiger partial charge in [0.15, 0.2) is 0 Å². The predicted molar refractivity (Wildman–Crippen MR) is 136 cm³/mol. The SMILES string of the molecule is COc1ccc(C(=O)N[C@@H](CC(=O)O)NC(=O)[C@@H]2CCCN(C(=O)CCC3CCNCC3)C2)cc1.Cl. The minimum atomic E-state index is -1.15. The summed E-state index contributed by atoms with van der Waals surface area (Å²) in [6, 6.07) is 6.36. The third kappa shape index (κ3) is 8.98. The standard InChI is InChI=1S/C25H36N4O6.ClH/c1-35-20-7-5-18(6-8-20)24(33)27-21(15-23(31)32)28-25(34)19-3-2-14-29(16-19)22(30)9-4-17-10-12-26-13-11-17;/h5-8,17,19,21,26H,2-4,9-16H2,1H3,(H,27,33)(H,28,34)(H,31,32);1H/t19-,21-;/m1./s1. The fourth-order valence-electron chi connectivity index (χ4n) is 4.66. The van der Waals surface area contributed by atoms with Crippen molar-refractivity contribution in [3.8, 4) is 5.75 Å². The van der Waals surface area contributed by atoms with Crippen LogP contribution >= 0.6 is 12.4 Å². The van der Waals surface area contributed by atoms with Gasteiger partial charge in [-0.3, -0.25) is 19.2 Å². The first-order chi connectivity index (χ1) is 16.9. The number of carbonyl (C=O) groups is 4. The fraction of sp³-hybridized carbons (Fsp3) is 0.600. The number of likely N-dealkylation sites (tertiary alicyclic amines) is 1. The van der Waals surface area contributed by atoms with Crippen molar-refractivity contribution in [3.05, 3.63) is 29.8 Å². The average Bonchev–Trinajstić information content (AvgIpc) is 2.87. The number of nitrogens with zero attached hydrogens (tertiary/aromatic N) is 1. The number of halogens is 1. The topological polar surface area (TPSA) is 137 Å². The Morgan fingerprint density at radius 2 is 1.81 bits per heavy atom. The average molecular weight is 525 g/mol. The quantitative estimate of drug-likeness (QED) is 0.342. The summed E-state index contributed by atoms with van der Waals surface area (Å²) in [5.41, 5.74) is 0.318. The Bertz CT molecular complexity index is 891. The van der Waals surface area contributed by atoms with Crippen LogP contribution in [0.3, 0.4) is 0 Å². The number of hydrogen-bond donors (Lipinski definition) is 4. The molecule has 2 fully saturated rings. The zero-order valence-corrected chi connectivity index (χ0v) is 21.5. The zero-order valence-electron chi connectivity index (χ0n) is 20.7. The van der Waals surface area contributed by atoms with Gasteiger partial charge in [0.2, 0.25) is 11.8 Å². The lowest BCUT2D eigenvalue weighted by atomic mass is 9.92. The van der Waals surface area contributed by atoms with Gasteiger partial charge in [0.25, 0.3) is 5.91 Å². The maximum atomic E-state index is 12.9. The van der Waals surface area contributed by atoms with Crippen LogP contribution in [0.15, 0.2) is 24.3 Å². The predicted octanol–water partition coefficient (Wildman–Crippen LogP) is 1.78. The molecule has 0 radical (unpaired) electrons. The molecule has 2 saturated heterocycles. The van der Waals surface area contributed by atoms with Gasteiger partial charge >= 0.3 is 5.97 Å². The number of rotatable bonds is 10. The van der Waals surface area contributed by atoms with E-state index < -0.39 is 30.4 Å². The second-order valence-corrected chi connectivity index (χ2v) is 9.27. The van der Waals surface area contributed by atoms with Crippen LogP contribution in [0, 0.1) is 11.8 Å². The number of benzene rings is 1. The Morgan fingerprint density at radius 1 is 1.11 bits per heavy atom. The van der Waals surface area contributed by atoms with Gasteiger partial charge in [-0.2, -0.15) is 0 Å². The lowest BCUT2D eigenvalue weighted by Gasteiger charge is -2.33. The maximum Gasteiger partial charge on any atom is 0.307 e. The number of methoxy groups -OCH3 is 1. The molecule has 2 aliphatic rings. The summed E-state index contributed by atoms with van der Waals surface area (Å²) < 4.78 is 5.08. The number of hydrogen-bond acceptors (Lipinski definition) is 6. The van der Waals surface area contributed by atoms with Crippen LogP contribution in [0.4, 0.5) is 0 Å². The van der Waals surface area contributed by atoms with Crippen LogP contribution in [0.5, 0.6) is 5.75 Å². The summed E-state index contributed by atoms with van der Waals surface area (Å²) in [6.07, 6.45) is 3.32. The summed E-state index contributed by atoms with van der Waals surface area (Å²) >= 11 is 0. The second kappa shape index (κ2) is 14.6. The molecule has 0 aliphatic carbocycles. The zero-order chi connectivity index (χ0) is 25.2. The van der Waals surface area contributed by atoms with E-state index in [9.17, 15) is 24.3 Å². The van der Waals surface area contributed by atoms with Crippen LogP contribution in [0.2, 0.25) is 0 Å². The van der Waals surface area contributed by atoms with E-state index in [1.165, 1.54) is 7.11 Å². The monoisotopic (exact) mass is 524 g/mol. The Hall–Kier alpha value is -2.85. The molecule has 2 heterocycles. The van der Waals surface area contributed by atoms with Crippen molar-refractivity contribution in [2.45, 2.75) is 51.1 Å². The summed E-state index contributed by atoms with van der Waals surface area (Å²) in [5.74, 6) is -1.24. The van der Waals surface area contributed by atoms with Crippen molar-refractivity contribution in [2.24, 2.45) is 11.8 Å². The third-order valence-electron chi connectivity index (χ3n) is 6.72. The third-order valence-corrected chi connectivity index (χ3v) is 6.72. The number of nitrogens with one attached hydrogen (secondary N) is 3. The number of aliphatic carboxylic acids is 1. The van der Waals surface area contributed by atoms with E-state index in [4.69, 9.17) is 4.74 Å². The van der Waals surface area contributed by atoms with Gasteiger partial charge in [-0.1, -0.05) is 0 Å². The van der Waals surface area contributed by atoms with Gasteiger partial charge in [-0.05, 0) is 75.4 Å². The van der Waals surface area contributed by atoms with E-state index in [2.05, 4.69) is 16.0 Å². The number of amides is 3. The molecule has 0 saturated carbocycles.